The maximum absolute atomic E-state index is 12.4. The Morgan fingerprint density at radius 2 is 1.77 bits per heavy atom. The van der Waals surface area contributed by atoms with E-state index in [-0.39, 0.29) is 30.6 Å². The molecule has 0 unspecified atom stereocenters. The molecule has 3 aromatic rings. The topological polar surface area (TPSA) is 85.6 Å². The van der Waals surface area contributed by atoms with E-state index in [0.717, 1.165) is 35.8 Å². The molecule has 1 amide bonds. The van der Waals surface area contributed by atoms with E-state index in [9.17, 15) is 14.4 Å². The fraction of sp³-hybridized carbons (Fsp3) is 0.320. The van der Waals surface area contributed by atoms with Crippen molar-refractivity contribution in [3.63, 3.8) is 0 Å². The molecule has 0 radical (unpaired) electrons. The number of ether oxygens (including phenoxy) is 1. The molecular weight excluding hydrogens is 394 g/mol. The number of hydrogen-bond donors (Lipinski definition) is 1. The normalized spacial score (nSPS) is 12.7. The molecule has 0 bridgehead atoms. The first-order chi connectivity index (χ1) is 14.9. The van der Waals surface area contributed by atoms with Crippen molar-refractivity contribution in [3.05, 3.63) is 64.9 Å². The number of fused-ring (bicyclic) bond motifs is 2. The Labute approximate surface area is 180 Å². The SMILES string of the molecule is CC(C)C(=O)Nc1ccc(C(=O)COC(=O)Cc2coc3cc4c(cc23)CCC4)cc1. The summed E-state index contributed by atoms with van der Waals surface area (Å²) in [4.78, 5) is 36.4. The lowest BCUT2D eigenvalue weighted by Gasteiger charge is -2.08. The van der Waals surface area contributed by atoms with Crippen LogP contribution in [0.3, 0.4) is 0 Å². The van der Waals surface area contributed by atoms with E-state index < -0.39 is 5.97 Å². The molecule has 31 heavy (non-hydrogen) atoms. The quantitative estimate of drug-likeness (QED) is 0.451. The van der Waals surface area contributed by atoms with E-state index in [1.165, 1.54) is 11.1 Å². The number of Topliss-reactive ketones (excluding diaryl/α,β-unsaturated/α-hetero) is 1. The predicted octanol–water partition coefficient (Wildman–Crippen LogP) is 4.48. The van der Waals surface area contributed by atoms with E-state index in [1.807, 2.05) is 0 Å². The van der Waals surface area contributed by atoms with Gasteiger partial charge in [0.05, 0.1) is 12.7 Å². The van der Waals surface area contributed by atoms with Crippen LogP contribution in [0.25, 0.3) is 11.0 Å². The zero-order valence-electron chi connectivity index (χ0n) is 17.7. The van der Waals surface area contributed by atoms with Gasteiger partial charge in [-0.05, 0) is 66.8 Å². The Morgan fingerprint density at radius 3 is 2.48 bits per heavy atom. The van der Waals surface area contributed by atoms with Gasteiger partial charge in [-0.2, -0.15) is 0 Å². The molecule has 1 aliphatic rings. The van der Waals surface area contributed by atoms with Gasteiger partial charge in [0.2, 0.25) is 5.91 Å². The number of benzene rings is 2. The number of amides is 1. The van der Waals surface area contributed by atoms with Crippen LogP contribution in [0.4, 0.5) is 5.69 Å². The molecule has 0 atom stereocenters. The average molecular weight is 419 g/mol. The van der Waals surface area contributed by atoms with Gasteiger partial charge in [-0.1, -0.05) is 13.8 Å². The first-order valence-electron chi connectivity index (χ1n) is 10.5. The maximum atomic E-state index is 12.4. The number of anilines is 1. The largest absolute Gasteiger partial charge is 0.464 e. The second-order valence-corrected chi connectivity index (χ2v) is 8.21. The van der Waals surface area contributed by atoms with Crippen molar-refractivity contribution in [3.8, 4) is 0 Å². The third kappa shape index (κ3) is 4.68. The number of carbonyl (C=O) groups is 3. The molecule has 4 rings (SSSR count). The van der Waals surface area contributed by atoms with Gasteiger partial charge in [0.1, 0.15) is 5.58 Å². The van der Waals surface area contributed by atoms with Crippen molar-refractivity contribution in [2.75, 3.05) is 11.9 Å². The van der Waals surface area contributed by atoms with Gasteiger partial charge < -0.3 is 14.5 Å². The molecule has 6 heteroatoms. The fourth-order valence-corrected chi connectivity index (χ4v) is 3.75. The van der Waals surface area contributed by atoms with Crippen LogP contribution < -0.4 is 5.32 Å². The number of hydrogen-bond acceptors (Lipinski definition) is 5. The van der Waals surface area contributed by atoms with Gasteiger partial charge in [-0.15, -0.1) is 0 Å². The van der Waals surface area contributed by atoms with Crippen LogP contribution in [0.5, 0.6) is 0 Å². The van der Waals surface area contributed by atoms with Crippen LogP contribution in [0.1, 0.15) is 47.3 Å². The number of nitrogens with one attached hydrogen (secondary N) is 1. The van der Waals surface area contributed by atoms with Crippen molar-refractivity contribution in [1.29, 1.82) is 0 Å². The molecule has 6 nitrogen and oxygen atoms in total. The lowest BCUT2D eigenvalue weighted by atomic mass is 10.0. The first-order valence-corrected chi connectivity index (χ1v) is 10.5. The lowest BCUT2D eigenvalue weighted by molar-refractivity contribution is -0.141. The second-order valence-electron chi connectivity index (χ2n) is 8.21. The summed E-state index contributed by atoms with van der Waals surface area (Å²) < 4.78 is 10.8. The number of esters is 1. The van der Waals surface area contributed by atoms with Crippen molar-refractivity contribution < 1.29 is 23.5 Å². The molecular formula is C25H25NO5. The van der Waals surface area contributed by atoms with Crippen LogP contribution in [0, 0.1) is 5.92 Å². The fourth-order valence-electron chi connectivity index (χ4n) is 3.75. The number of furan rings is 1. The number of rotatable bonds is 7. The summed E-state index contributed by atoms with van der Waals surface area (Å²) in [6, 6.07) is 10.7. The van der Waals surface area contributed by atoms with Gasteiger partial charge in [0.15, 0.2) is 12.4 Å². The number of ketones is 1. The molecule has 0 spiro atoms. The van der Waals surface area contributed by atoms with Gasteiger partial charge in [0, 0.05) is 28.1 Å². The van der Waals surface area contributed by atoms with E-state index in [4.69, 9.17) is 9.15 Å². The van der Waals surface area contributed by atoms with Gasteiger partial charge in [-0.3, -0.25) is 14.4 Å². The highest BCUT2D eigenvalue weighted by Gasteiger charge is 2.18. The average Bonchev–Trinajstić information content (AvgIpc) is 3.37. The van der Waals surface area contributed by atoms with Gasteiger partial charge in [0.25, 0.3) is 0 Å². The van der Waals surface area contributed by atoms with Crippen molar-refractivity contribution >= 4 is 34.3 Å². The molecule has 1 N–H and O–H groups in total. The maximum Gasteiger partial charge on any atom is 0.310 e. The molecule has 0 aliphatic heterocycles. The Hall–Kier alpha value is -3.41. The summed E-state index contributed by atoms with van der Waals surface area (Å²) in [5.74, 6) is -0.999. The standard InChI is InChI=1S/C25H25NO5/c1-15(2)25(29)26-20-8-6-16(7-9-20)22(27)14-31-24(28)12-19-13-30-23-11-18-5-3-4-17(18)10-21(19)23/h6-11,13,15H,3-5,12,14H2,1-2H3,(H,26,29). The van der Waals surface area contributed by atoms with Crippen LogP contribution >= 0.6 is 0 Å². The molecule has 0 saturated heterocycles. The Bertz CT molecular complexity index is 1140. The molecule has 160 valence electrons. The van der Waals surface area contributed by atoms with E-state index in [0.29, 0.717) is 11.3 Å². The highest BCUT2D eigenvalue weighted by molar-refractivity contribution is 5.99. The van der Waals surface area contributed by atoms with Gasteiger partial charge >= 0.3 is 5.97 Å². The van der Waals surface area contributed by atoms with Crippen LogP contribution in [0.15, 0.2) is 47.1 Å². The van der Waals surface area contributed by atoms with E-state index in [1.54, 1.807) is 44.4 Å². The summed E-state index contributed by atoms with van der Waals surface area (Å²) in [6.07, 6.45) is 4.91. The van der Waals surface area contributed by atoms with Crippen LogP contribution in [0.2, 0.25) is 0 Å². The molecule has 0 fully saturated rings. The molecule has 1 aromatic heterocycles. The minimum absolute atomic E-state index is 0.0548. The van der Waals surface area contributed by atoms with E-state index in [2.05, 4.69) is 17.4 Å². The zero-order chi connectivity index (χ0) is 22.0. The Kier molecular flexibility index (Phi) is 5.89. The second kappa shape index (κ2) is 8.76. The monoisotopic (exact) mass is 419 g/mol. The third-order valence-corrected chi connectivity index (χ3v) is 5.57. The summed E-state index contributed by atoms with van der Waals surface area (Å²) in [5, 5.41) is 3.70. The number of carbonyl (C=O) groups excluding carboxylic acids is 3. The lowest BCUT2D eigenvalue weighted by Crippen LogP contribution is -2.18. The molecule has 2 aromatic carbocycles. The smallest absolute Gasteiger partial charge is 0.310 e. The van der Waals surface area contributed by atoms with Crippen LogP contribution in [-0.4, -0.2) is 24.3 Å². The molecule has 1 heterocycles. The summed E-state index contributed by atoms with van der Waals surface area (Å²) in [6.45, 7) is 3.28. The third-order valence-electron chi connectivity index (χ3n) is 5.57. The first kappa shape index (κ1) is 20.8. The predicted molar refractivity (Wildman–Crippen MR) is 117 cm³/mol. The Morgan fingerprint density at radius 1 is 1.06 bits per heavy atom. The highest BCUT2D eigenvalue weighted by atomic mass is 16.5. The van der Waals surface area contributed by atoms with Crippen molar-refractivity contribution in [2.24, 2.45) is 5.92 Å². The zero-order valence-corrected chi connectivity index (χ0v) is 17.7. The minimum atomic E-state index is -0.475. The van der Waals surface area contributed by atoms with Crippen LogP contribution in [-0.2, 0) is 33.6 Å². The van der Waals surface area contributed by atoms with Crippen molar-refractivity contribution in [2.45, 2.75) is 39.5 Å². The van der Waals surface area contributed by atoms with E-state index >= 15 is 0 Å². The summed E-state index contributed by atoms with van der Waals surface area (Å²) in [5.41, 5.74) is 5.21. The summed E-state index contributed by atoms with van der Waals surface area (Å²) >= 11 is 0. The van der Waals surface area contributed by atoms with Gasteiger partial charge in [-0.25, -0.2) is 0 Å². The minimum Gasteiger partial charge on any atom is -0.464 e. The highest BCUT2D eigenvalue weighted by Crippen LogP contribution is 2.30. The van der Waals surface area contributed by atoms with Crippen molar-refractivity contribution in [1.82, 2.24) is 0 Å². The molecule has 1 aliphatic carbocycles. The molecule has 0 saturated carbocycles. The summed E-state index contributed by atoms with van der Waals surface area (Å²) in [7, 11) is 0. The Balaban J connectivity index is 1.33. The number of aryl methyl sites for hydroxylation is 2.